The second-order valence-electron chi connectivity index (χ2n) is 4.52. The standard InChI is InChI=1S/C10H7N.C9H7N.3C2H6/c1-2-4-10-6-8-11-7-5-9(10)3-1;1-2-6-9-8(4-1)5-3-7-10-9;3*1-2/h1-5,7-8H;1-7H;3*1-2H3. The van der Waals surface area contributed by atoms with Gasteiger partial charge in [0.15, 0.2) is 0 Å². The molecule has 1 aliphatic heterocycles. The third kappa shape index (κ3) is 8.80. The molecule has 2 heterocycles. The van der Waals surface area contributed by atoms with Crippen molar-refractivity contribution in [2.24, 2.45) is 4.99 Å². The predicted molar refractivity (Wildman–Crippen MR) is 122 cm³/mol. The number of hydrogen-bond donors (Lipinski definition) is 0. The van der Waals surface area contributed by atoms with Gasteiger partial charge in [0.05, 0.1) is 11.7 Å². The third-order valence-electron chi connectivity index (χ3n) is 3.11. The number of aromatic nitrogens is 1. The fraction of sp³-hybridized carbons (Fsp3) is 0.240. The van der Waals surface area contributed by atoms with Crippen LogP contribution < -0.4 is 10.4 Å². The molecule has 2 aromatic carbocycles. The molecule has 0 saturated carbocycles. The zero-order valence-electron chi connectivity index (χ0n) is 17.5. The van der Waals surface area contributed by atoms with Gasteiger partial charge in [0, 0.05) is 23.0 Å². The van der Waals surface area contributed by atoms with E-state index in [0.717, 1.165) is 10.7 Å². The second-order valence-corrected chi connectivity index (χ2v) is 4.52. The second kappa shape index (κ2) is 16.5. The normalized spacial score (nSPS) is 9.56. The molecule has 0 saturated heterocycles. The highest BCUT2D eigenvalue weighted by molar-refractivity contribution is 5.91. The molecule has 0 spiro atoms. The Hall–Kier alpha value is -2.96. The highest BCUT2D eigenvalue weighted by Crippen LogP contribution is 2.07. The van der Waals surface area contributed by atoms with Gasteiger partial charge in [0.25, 0.3) is 0 Å². The van der Waals surface area contributed by atoms with E-state index in [4.69, 9.17) is 0 Å². The minimum atomic E-state index is 1.06. The van der Waals surface area contributed by atoms with Crippen LogP contribution in [0.15, 0.2) is 78.1 Å². The van der Waals surface area contributed by atoms with E-state index in [9.17, 15) is 0 Å². The lowest BCUT2D eigenvalue weighted by molar-refractivity contribution is 1.41. The van der Waals surface area contributed by atoms with Crippen LogP contribution in [0.5, 0.6) is 0 Å². The Bertz CT molecular complexity index is 868. The van der Waals surface area contributed by atoms with E-state index >= 15 is 0 Å². The maximum absolute atomic E-state index is 4.18. The summed E-state index contributed by atoms with van der Waals surface area (Å²) in [6.45, 7) is 12.0. The maximum Gasteiger partial charge on any atom is 0.0701 e. The van der Waals surface area contributed by atoms with Crippen molar-refractivity contribution >= 4 is 28.9 Å². The van der Waals surface area contributed by atoms with Gasteiger partial charge in [0.2, 0.25) is 0 Å². The largest absolute Gasteiger partial charge is 0.256 e. The van der Waals surface area contributed by atoms with Crippen molar-refractivity contribution in [3.8, 4) is 0 Å². The lowest BCUT2D eigenvalue weighted by Gasteiger charge is -1.91. The first kappa shape index (κ1) is 24.0. The Morgan fingerprint density at radius 1 is 0.704 bits per heavy atom. The number of fused-ring (bicyclic) bond motifs is 2. The van der Waals surface area contributed by atoms with Gasteiger partial charge in [-0.3, -0.25) is 9.98 Å². The molecule has 27 heavy (non-hydrogen) atoms. The minimum Gasteiger partial charge on any atom is -0.256 e. The van der Waals surface area contributed by atoms with Crippen molar-refractivity contribution in [3.05, 3.63) is 83.5 Å². The quantitative estimate of drug-likeness (QED) is 0.500. The van der Waals surface area contributed by atoms with Crippen LogP contribution in [0.2, 0.25) is 0 Å². The summed E-state index contributed by atoms with van der Waals surface area (Å²) >= 11 is 0. The first-order valence-electron chi connectivity index (χ1n) is 9.77. The average molecular weight is 361 g/mol. The van der Waals surface area contributed by atoms with Gasteiger partial charge < -0.3 is 0 Å². The van der Waals surface area contributed by atoms with Crippen molar-refractivity contribution in [2.45, 2.75) is 41.5 Å². The highest BCUT2D eigenvalue weighted by atomic mass is 14.6. The number of nitrogens with zero attached hydrogens (tertiary/aromatic N) is 2. The first-order valence-corrected chi connectivity index (χ1v) is 9.77. The van der Waals surface area contributed by atoms with Crippen molar-refractivity contribution < 1.29 is 0 Å². The molecular formula is C25H32N2. The molecule has 0 unspecified atom stereocenters. The Morgan fingerprint density at radius 2 is 1.33 bits per heavy atom. The molecule has 0 radical (unpaired) electrons. The zero-order valence-corrected chi connectivity index (χ0v) is 17.5. The Balaban J connectivity index is 0.000000394. The lowest BCUT2D eigenvalue weighted by atomic mass is 10.2. The maximum atomic E-state index is 4.18. The fourth-order valence-electron chi connectivity index (χ4n) is 2.06. The summed E-state index contributed by atoms with van der Waals surface area (Å²) in [6, 6.07) is 20.2. The zero-order chi connectivity index (χ0) is 20.3. The summed E-state index contributed by atoms with van der Waals surface area (Å²) in [5.74, 6) is 0. The Kier molecular flexibility index (Phi) is 14.7. The topological polar surface area (TPSA) is 25.2 Å². The fourth-order valence-corrected chi connectivity index (χ4v) is 2.06. The summed E-state index contributed by atoms with van der Waals surface area (Å²) in [6.07, 6.45) is 7.25. The van der Waals surface area contributed by atoms with Gasteiger partial charge in [-0.05, 0) is 29.5 Å². The molecule has 0 amide bonds. The van der Waals surface area contributed by atoms with Gasteiger partial charge in [-0.15, -0.1) is 0 Å². The highest BCUT2D eigenvalue weighted by Gasteiger charge is 1.86. The number of rotatable bonds is 0. The van der Waals surface area contributed by atoms with Crippen LogP contribution in [0.3, 0.4) is 0 Å². The van der Waals surface area contributed by atoms with Crippen molar-refractivity contribution in [1.29, 1.82) is 0 Å². The number of benzene rings is 2. The average Bonchev–Trinajstić information content (AvgIpc) is 3.04. The monoisotopic (exact) mass is 360 g/mol. The Morgan fingerprint density at radius 3 is 2.07 bits per heavy atom. The van der Waals surface area contributed by atoms with Crippen LogP contribution in [-0.4, -0.2) is 11.2 Å². The minimum absolute atomic E-state index is 1.06. The molecule has 2 heteroatoms. The summed E-state index contributed by atoms with van der Waals surface area (Å²) in [5, 5.41) is 3.47. The summed E-state index contributed by atoms with van der Waals surface area (Å²) < 4.78 is 0. The SMILES string of the molecule is C1=CN=CC=c2ccccc2=1.CC.CC.CC.c1ccc2ncccc2c1. The number of pyridine rings is 1. The van der Waals surface area contributed by atoms with E-state index in [1.807, 2.05) is 102 Å². The van der Waals surface area contributed by atoms with E-state index < -0.39 is 0 Å². The van der Waals surface area contributed by atoms with E-state index in [1.165, 1.54) is 10.6 Å². The van der Waals surface area contributed by atoms with E-state index in [0.29, 0.717) is 0 Å². The van der Waals surface area contributed by atoms with Crippen LogP contribution >= 0.6 is 0 Å². The van der Waals surface area contributed by atoms with E-state index in [-0.39, 0.29) is 0 Å². The number of aliphatic imine (C=N–C) groups is 1. The lowest BCUT2D eigenvalue weighted by Crippen LogP contribution is -2.21. The molecule has 0 atom stereocenters. The number of hydrogen-bond acceptors (Lipinski definition) is 2. The van der Waals surface area contributed by atoms with E-state index in [2.05, 4.69) is 27.8 Å². The van der Waals surface area contributed by atoms with Crippen molar-refractivity contribution in [3.63, 3.8) is 0 Å². The van der Waals surface area contributed by atoms with Gasteiger partial charge in [-0.25, -0.2) is 0 Å². The molecule has 142 valence electrons. The van der Waals surface area contributed by atoms with Gasteiger partial charge in [-0.2, -0.15) is 0 Å². The molecule has 0 N–H and O–H groups in total. The van der Waals surface area contributed by atoms with Gasteiger partial charge >= 0.3 is 0 Å². The van der Waals surface area contributed by atoms with Crippen LogP contribution in [0.4, 0.5) is 0 Å². The molecule has 2 nitrogen and oxygen atoms in total. The molecule has 1 aliphatic rings. The smallest absolute Gasteiger partial charge is 0.0701 e. The first-order chi connectivity index (χ1) is 13.4. The predicted octanol–water partition coefficient (Wildman–Crippen LogP) is 5.76. The van der Waals surface area contributed by atoms with Gasteiger partial charge in [-0.1, -0.05) is 89.7 Å². The van der Waals surface area contributed by atoms with Crippen molar-refractivity contribution in [2.75, 3.05) is 0 Å². The molecule has 0 fully saturated rings. The van der Waals surface area contributed by atoms with Crippen LogP contribution in [0.1, 0.15) is 41.5 Å². The van der Waals surface area contributed by atoms with Crippen LogP contribution in [-0.2, 0) is 0 Å². The summed E-state index contributed by atoms with van der Waals surface area (Å²) in [5.41, 5.74) is 4.13. The molecule has 0 aliphatic carbocycles. The number of para-hydroxylation sites is 1. The van der Waals surface area contributed by atoms with Gasteiger partial charge in [0.1, 0.15) is 0 Å². The Labute approximate surface area is 164 Å². The molecule has 0 bridgehead atoms. The molecular weight excluding hydrogens is 328 g/mol. The molecule has 4 rings (SSSR count). The van der Waals surface area contributed by atoms with Crippen LogP contribution in [0.25, 0.3) is 22.7 Å². The van der Waals surface area contributed by atoms with Crippen LogP contribution in [0, 0.1) is 0 Å². The van der Waals surface area contributed by atoms with Crippen molar-refractivity contribution in [1.82, 2.24) is 4.98 Å². The third-order valence-corrected chi connectivity index (χ3v) is 3.11. The summed E-state index contributed by atoms with van der Waals surface area (Å²) in [4.78, 5) is 8.15. The summed E-state index contributed by atoms with van der Waals surface area (Å²) in [7, 11) is 0. The molecule has 3 aromatic rings. The van der Waals surface area contributed by atoms with E-state index in [1.54, 1.807) is 12.4 Å². The molecule has 1 aromatic heterocycles.